The van der Waals surface area contributed by atoms with E-state index in [1.54, 1.807) is 30.3 Å². The first kappa shape index (κ1) is 17.0. The topological polar surface area (TPSA) is 59.5 Å². The third-order valence-corrected chi connectivity index (χ3v) is 3.85. The van der Waals surface area contributed by atoms with Crippen molar-refractivity contribution >= 4 is 5.91 Å². The molecule has 0 fully saturated rings. The summed E-state index contributed by atoms with van der Waals surface area (Å²) in [4.78, 5) is 18.0. The minimum atomic E-state index is -0.302. The Hall–Kier alpha value is -2.89. The lowest BCUT2D eigenvalue weighted by Gasteiger charge is -2.15. The Morgan fingerprint density at radius 3 is 2.60 bits per heavy atom. The van der Waals surface area contributed by atoms with Crippen LogP contribution in [-0.2, 0) is 17.8 Å². The first-order valence-electron chi connectivity index (χ1n) is 8.01. The van der Waals surface area contributed by atoms with E-state index in [0.29, 0.717) is 31.0 Å². The summed E-state index contributed by atoms with van der Waals surface area (Å²) < 4.78 is 24.1. The van der Waals surface area contributed by atoms with Gasteiger partial charge in [-0.15, -0.1) is 0 Å². The monoisotopic (exact) mass is 342 g/mol. The molecule has 0 radical (unpaired) electrons. The number of carbonyl (C=O) groups excluding carboxylic acids is 1. The Labute approximate surface area is 145 Å². The first-order valence-corrected chi connectivity index (χ1v) is 8.01. The van der Waals surface area contributed by atoms with Crippen molar-refractivity contribution in [1.82, 2.24) is 9.88 Å². The van der Waals surface area contributed by atoms with Crippen molar-refractivity contribution in [2.24, 2.45) is 0 Å². The molecule has 3 aromatic rings. The van der Waals surface area contributed by atoms with E-state index in [2.05, 4.69) is 4.98 Å². The molecule has 0 saturated carbocycles. The molecule has 5 nitrogen and oxygen atoms in total. The minimum absolute atomic E-state index is 0.0180. The third-order valence-electron chi connectivity index (χ3n) is 3.85. The molecule has 0 spiro atoms. The number of nitrogens with zero attached hydrogens (tertiary/aromatic N) is 2. The summed E-state index contributed by atoms with van der Waals surface area (Å²) in [5.41, 5.74) is 0.747. The number of halogens is 1. The summed E-state index contributed by atoms with van der Waals surface area (Å²) in [7, 11) is 1.74. The fourth-order valence-electron chi connectivity index (χ4n) is 2.47. The maximum absolute atomic E-state index is 13.0. The maximum Gasteiger partial charge on any atom is 0.223 e. The van der Waals surface area contributed by atoms with Crippen LogP contribution in [0, 0.1) is 12.7 Å². The van der Waals surface area contributed by atoms with E-state index < -0.39 is 0 Å². The van der Waals surface area contributed by atoms with E-state index >= 15 is 0 Å². The zero-order chi connectivity index (χ0) is 17.8. The van der Waals surface area contributed by atoms with Gasteiger partial charge in [-0.1, -0.05) is 0 Å². The molecule has 0 bridgehead atoms. The number of amides is 1. The molecule has 0 aliphatic carbocycles. The Kier molecular flexibility index (Phi) is 4.97. The van der Waals surface area contributed by atoms with Crippen LogP contribution < -0.4 is 0 Å². The average molecular weight is 342 g/mol. The van der Waals surface area contributed by atoms with E-state index in [1.165, 1.54) is 12.1 Å². The number of carbonyl (C=O) groups is 1. The van der Waals surface area contributed by atoms with Gasteiger partial charge >= 0.3 is 0 Å². The molecule has 0 saturated heterocycles. The molecule has 0 aliphatic rings. The van der Waals surface area contributed by atoms with Crippen LogP contribution in [-0.4, -0.2) is 22.8 Å². The highest BCUT2D eigenvalue weighted by molar-refractivity contribution is 5.76. The second kappa shape index (κ2) is 7.34. The molecule has 1 aromatic carbocycles. The van der Waals surface area contributed by atoms with Gasteiger partial charge in [0.25, 0.3) is 0 Å². The molecule has 0 atom stereocenters. The van der Waals surface area contributed by atoms with E-state index in [-0.39, 0.29) is 11.7 Å². The maximum atomic E-state index is 13.0. The van der Waals surface area contributed by atoms with Crippen molar-refractivity contribution in [3.8, 4) is 11.3 Å². The molecule has 0 N–H and O–H groups in total. The summed E-state index contributed by atoms with van der Waals surface area (Å²) in [6.07, 6.45) is 2.28. The number of hydrogen-bond donors (Lipinski definition) is 0. The van der Waals surface area contributed by atoms with Gasteiger partial charge in [-0.05, 0) is 43.3 Å². The summed E-state index contributed by atoms with van der Waals surface area (Å²) in [5.74, 6) is 2.29. The van der Waals surface area contributed by atoms with Crippen molar-refractivity contribution < 1.29 is 18.0 Å². The van der Waals surface area contributed by atoms with E-state index in [9.17, 15) is 9.18 Å². The molecule has 25 heavy (non-hydrogen) atoms. The number of hydrogen-bond acceptors (Lipinski definition) is 4. The zero-order valence-corrected chi connectivity index (χ0v) is 14.2. The Balaban J connectivity index is 1.54. The van der Waals surface area contributed by atoms with Gasteiger partial charge in [0.2, 0.25) is 5.91 Å². The SMILES string of the molecule is Cc1ccc(CN(C)C(=O)CCc2ncc(-c3ccc(F)cc3)o2)o1. The smallest absolute Gasteiger partial charge is 0.223 e. The second-order valence-corrected chi connectivity index (χ2v) is 5.89. The quantitative estimate of drug-likeness (QED) is 0.680. The second-order valence-electron chi connectivity index (χ2n) is 5.89. The van der Waals surface area contributed by atoms with Gasteiger partial charge in [-0.25, -0.2) is 9.37 Å². The molecule has 6 heteroatoms. The molecule has 2 aromatic heterocycles. The predicted octanol–water partition coefficient (Wildman–Crippen LogP) is 3.97. The van der Waals surface area contributed by atoms with Gasteiger partial charge in [0.15, 0.2) is 11.7 Å². The Morgan fingerprint density at radius 2 is 1.92 bits per heavy atom. The van der Waals surface area contributed by atoms with E-state index in [1.807, 2.05) is 19.1 Å². The fourth-order valence-corrected chi connectivity index (χ4v) is 2.47. The number of aromatic nitrogens is 1. The molecule has 2 heterocycles. The molecular weight excluding hydrogens is 323 g/mol. The van der Waals surface area contributed by atoms with Gasteiger partial charge in [0, 0.05) is 25.5 Å². The lowest BCUT2D eigenvalue weighted by Crippen LogP contribution is -2.26. The van der Waals surface area contributed by atoms with E-state index in [0.717, 1.165) is 17.1 Å². The van der Waals surface area contributed by atoms with Gasteiger partial charge in [-0.3, -0.25) is 4.79 Å². The Morgan fingerprint density at radius 1 is 1.16 bits per heavy atom. The summed E-state index contributed by atoms with van der Waals surface area (Å²) in [6.45, 7) is 2.30. The summed E-state index contributed by atoms with van der Waals surface area (Å²) in [5, 5.41) is 0. The van der Waals surface area contributed by atoms with Crippen LogP contribution in [0.2, 0.25) is 0 Å². The van der Waals surface area contributed by atoms with Crippen LogP contribution in [0.4, 0.5) is 4.39 Å². The summed E-state index contributed by atoms with van der Waals surface area (Å²) >= 11 is 0. The zero-order valence-electron chi connectivity index (χ0n) is 14.2. The lowest BCUT2D eigenvalue weighted by molar-refractivity contribution is -0.130. The molecule has 3 rings (SSSR count). The molecule has 0 aliphatic heterocycles. The average Bonchev–Trinajstić information content (AvgIpc) is 3.22. The predicted molar refractivity (Wildman–Crippen MR) is 90.1 cm³/mol. The highest BCUT2D eigenvalue weighted by Gasteiger charge is 2.14. The van der Waals surface area contributed by atoms with Crippen LogP contribution in [0.25, 0.3) is 11.3 Å². The molecule has 1 amide bonds. The van der Waals surface area contributed by atoms with Crippen molar-refractivity contribution in [1.29, 1.82) is 0 Å². The highest BCUT2D eigenvalue weighted by Crippen LogP contribution is 2.21. The number of oxazole rings is 1. The fraction of sp³-hybridized carbons (Fsp3) is 0.263. The van der Waals surface area contributed by atoms with Crippen LogP contribution in [0.1, 0.15) is 23.8 Å². The van der Waals surface area contributed by atoms with Crippen LogP contribution in [0.5, 0.6) is 0 Å². The third kappa shape index (κ3) is 4.35. The van der Waals surface area contributed by atoms with Gasteiger partial charge in [0.1, 0.15) is 17.3 Å². The van der Waals surface area contributed by atoms with Crippen molar-refractivity contribution in [2.75, 3.05) is 7.05 Å². The lowest BCUT2D eigenvalue weighted by atomic mass is 10.2. The molecule has 130 valence electrons. The van der Waals surface area contributed by atoms with Crippen LogP contribution in [0.15, 0.2) is 51.4 Å². The molecular formula is C19H19FN2O3. The number of aryl methyl sites for hydroxylation is 2. The number of benzene rings is 1. The van der Waals surface area contributed by atoms with Gasteiger partial charge < -0.3 is 13.7 Å². The first-order chi connectivity index (χ1) is 12.0. The van der Waals surface area contributed by atoms with Gasteiger partial charge in [0.05, 0.1) is 12.7 Å². The van der Waals surface area contributed by atoms with Gasteiger partial charge in [-0.2, -0.15) is 0 Å². The van der Waals surface area contributed by atoms with Crippen LogP contribution in [0.3, 0.4) is 0 Å². The largest absolute Gasteiger partial charge is 0.464 e. The number of rotatable bonds is 6. The molecule has 0 unspecified atom stereocenters. The van der Waals surface area contributed by atoms with Crippen LogP contribution >= 0.6 is 0 Å². The normalized spacial score (nSPS) is 10.8. The highest BCUT2D eigenvalue weighted by atomic mass is 19.1. The van der Waals surface area contributed by atoms with E-state index in [4.69, 9.17) is 8.83 Å². The minimum Gasteiger partial charge on any atom is -0.464 e. The summed E-state index contributed by atoms with van der Waals surface area (Å²) in [6, 6.07) is 9.73. The van der Waals surface area contributed by atoms with Crippen molar-refractivity contribution in [2.45, 2.75) is 26.3 Å². The van der Waals surface area contributed by atoms with Crippen molar-refractivity contribution in [3.05, 3.63) is 65.8 Å². The number of furan rings is 1. The van der Waals surface area contributed by atoms with Crippen molar-refractivity contribution in [3.63, 3.8) is 0 Å². The standard InChI is InChI=1S/C19H19FN2O3/c1-13-3-8-16(24-13)12-22(2)19(23)10-9-18-21-11-17(25-18)14-4-6-15(20)7-5-14/h3-8,11H,9-10,12H2,1-2H3. The Bertz CT molecular complexity index is 852.